The summed E-state index contributed by atoms with van der Waals surface area (Å²) in [5.41, 5.74) is 0. The van der Waals surface area contributed by atoms with E-state index in [1.165, 1.54) is 25.9 Å². The molecule has 0 N–H and O–H groups in total. The lowest BCUT2D eigenvalue weighted by Gasteiger charge is -2.35. The van der Waals surface area contributed by atoms with Crippen molar-refractivity contribution < 1.29 is 14.2 Å². The molecule has 23 heavy (non-hydrogen) atoms. The van der Waals surface area contributed by atoms with Crippen molar-refractivity contribution in [3.05, 3.63) is 0 Å². The van der Waals surface area contributed by atoms with Crippen molar-refractivity contribution in [2.75, 3.05) is 59.6 Å². The number of morpholine rings is 1. The average Bonchev–Trinajstić information content (AvgIpc) is 2.53. The first-order valence-corrected chi connectivity index (χ1v) is 9.28. The van der Waals surface area contributed by atoms with E-state index in [4.69, 9.17) is 14.2 Å². The van der Waals surface area contributed by atoms with E-state index >= 15 is 0 Å². The first kappa shape index (κ1) is 19.1. The van der Waals surface area contributed by atoms with Crippen LogP contribution in [0.3, 0.4) is 0 Å². The van der Waals surface area contributed by atoms with Crippen LogP contribution in [-0.2, 0) is 14.2 Å². The Bertz CT molecular complexity index is 319. The Labute approximate surface area is 142 Å². The van der Waals surface area contributed by atoms with Crippen LogP contribution in [0.1, 0.15) is 33.6 Å². The molecule has 0 amide bonds. The maximum Gasteiger partial charge on any atom is 0.0935 e. The van der Waals surface area contributed by atoms with E-state index in [-0.39, 0.29) is 12.2 Å². The third-order valence-corrected chi connectivity index (χ3v) is 4.81. The van der Waals surface area contributed by atoms with Crippen LogP contribution in [-0.4, -0.2) is 87.7 Å². The second kappa shape index (κ2) is 9.94. The molecular weight excluding hydrogens is 292 g/mol. The first-order chi connectivity index (χ1) is 11.0. The lowest BCUT2D eigenvalue weighted by atomic mass is 9.98. The number of hydrogen-bond acceptors (Lipinski definition) is 5. The Morgan fingerprint density at radius 2 is 1.78 bits per heavy atom. The number of nitrogens with zero attached hydrogens (tertiary/aromatic N) is 2. The molecule has 5 nitrogen and oxygen atoms in total. The fraction of sp³-hybridized carbons (Fsp3) is 1.00. The quantitative estimate of drug-likeness (QED) is 0.679. The molecule has 5 heteroatoms. The van der Waals surface area contributed by atoms with Crippen molar-refractivity contribution in [2.45, 2.75) is 51.9 Å². The van der Waals surface area contributed by atoms with Gasteiger partial charge >= 0.3 is 0 Å². The van der Waals surface area contributed by atoms with E-state index < -0.39 is 0 Å². The van der Waals surface area contributed by atoms with Crippen molar-refractivity contribution in [1.29, 1.82) is 0 Å². The first-order valence-electron chi connectivity index (χ1n) is 9.28. The molecule has 0 aromatic heterocycles. The third kappa shape index (κ3) is 7.48. The number of likely N-dealkylation sites (tertiary alicyclic amines) is 1. The Hall–Kier alpha value is -0.200. The molecule has 0 aromatic carbocycles. The number of ether oxygens (including phenoxy) is 3. The van der Waals surface area contributed by atoms with Gasteiger partial charge in [0.1, 0.15) is 0 Å². The summed E-state index contributed by atoms with van der Waals surface area (Å²) in [6.45, 7) is 14.1. The molecule has 0 aromatic rings. The van der Waals surface area contributed by atoms with Gasteiger partial charge in [-0.15, -0.1) is 0 Å². The molecule has 2 aliphatic rings. The number of piperidine rings is 1. The van der Waals surface area contributed by atoms with Gasteiger partial charge < -0.3 is 19.1 Å². The van der Waals surface area contributed by atoms with Crippen LogP contribution in [0.25, 0.3) is 0 Å². The van der Waals surface area contributed by atoms with Crippen molar-refractivity contribution >= 4 is 0 Å². The van der Waals surface area contributed by atoms with Crippen molar-refractivity contribution in [3.63, 3.8) is 0 Å². The van der Waals surface area contributed by atoms with Crippen molar-refractivity contribution in [2.24, 2.45) is 5.92 Å². The van der Waals surface area contributed by atoms with E-state index in [1.807, 2.05) is 0 Å². The minimum atomic E-state index is 0.201. The molecule has 0 bridgehead atoms. The molecule has 2 unspecified atom stereocenters. The van der Waals surface area contributed by atoms with Crippen LogP contribution >= 0.6 is 0 Å². The zero-order chi connectivity index (χ0) is 16.7. The van der Waals surface area contributed by atoms with Crippen LogP contribution in [0.2, 0.25) is 0 Å². The van der Waals surface area contributed by atoms with Gasteiger partial charge in [0.2, 0.25) is 0 Å². The Balaban J connectivity index is 1.61. The van der Waals surface area contributed by atoms with E-state index in [0.717, 1.165) is 38.8 Å². The van der Waals surface area contributed by atoms with Crippen LogP contribution in [0.5, 0.6) is 0 Å². The SMILES string of the molecule is CC(C)OCC1CN(CC(C)OCC2CCN(C)CC2)CCO1. The Morgan fingerprint density at radius 1 is 1.04 bits per heavy atom. The lowest BCUT2D eigenvalue weighted by molar-refractivity contribution is -0.0897. The molecule has 2 fully saturated rings. The van der Waals surface area contributed by atoms with E-state index in [1.54, 1.807) is 0 Å². The second-order valence-corrected chi connectivity index (χ2v) is 7.53. The summed E-state index contributed by atoms with van der Waals surface area (Å²) in [6, 6.07) is 0. The predicted octanol–water partition coefficient (Wildman–Crippen LogP) is 1.86. The number of rotatable bonds is 8. The molecule has 0 saturated carbocycles. The summed E-state index contributed by atoms with van der Waals surface area (Å²) in [4.78, 5) is 4.87. The van der Waals surface area contributed by atoms with Crippen molar-refractivity contribution in [3.8, 4) is 0 Å². The molecule has 2 heterocycles. The fourth-order valence-electron chi connectivity index (χ4n) is 3.29. The van der Waals surface area contributed by atoms with Gasteiger partial charge in [-0.1, -0.05) is 0 Å². The molecule has 0 spiro atoms. The lowest BCUT2D eigenvalue weighted by Crippen LogP contribution is -2.47. The highest BCUT2D eigenvalue weighted by Crippen LogP contribution is 2.17. The molecule has 2 aliphatic heterocycles. The molecular formula is C18H36N2O3. The highest BCUT2D eigenvalue weighted by Gasteiger charge is 2.23. The summed E-state index contributed by atoms with van der Waals surface area (Å²) >= 11 is 0. The van der Waals surface area contributed by atoms with Crippen LogP contribution in [0.15, 0.2) is 0 Å². The van der Waals surface area contributed by atoms with Gasteiger partial charge in [0.05, 0.1) is 31.5 Å². The second-order valence-electron chi connectivity index (χ2n) is 7.53. The summed E-state index contributed by atoms with van der Waals surface area (Å²) in [5, 5.41) is 0. The molecule has 2 saturated heterocycles. The average molecular weight is 328 g/mol. The molecule has 2 atom stereocenters. The van der Waals surface area contributed by atoms with E-state index in [2.05, 4.69) is 37.6 Å². The third-order valence-electron chi connectivity index (χ3n) is 4.81. The summed E-state index contributed by atoms with van der Waals surface area (Å²) < 4.78 is 17.6. The summed E-state index contributed by atoms with van der Waals surface area (Å²) in [7, 11) is 2.21. The normalized spacial score (nSPS) is 26.7. The van der Waals surface area contributed by atoms with Gasteiger partial charge in [0.25, 0.3) is 0 Å². The highest BCUT2D eigenvalue weighted by atomic mass is 16.5. The van der Waals surface area contributed by atoms with Gasteiger partial charge in [-0.2, -0.15) is 0 Å². The maximum absolute atomic E-state index is 6.12. The molecule has 136 valence electrons. The fourth-order valence-corrected chi connectivity index (χ4v) is 3.29. The highest BCUT2D eigenvalue weighted by molar-refractivity contribution is 4.74. The van der Waals surface area contributed by atoms with Gasteiger partial charge in [-0.3, -0.25) is 4.90 Å². The summed E-state index contributed by atoms with van der Waals surface area (Å²) in [6.07, 6.45) is 3.31. The standard InChI is InChI=1S/C18H36N2O3/c1-15(2)22-14-18-12-20(9-10-21-18)11-16(3)23-13-17-5-7-19(4)8-6-17/h15-18H,5-14H2,1-4H3. The minimum Gasteiger partial charge on any atom is -0.377 e. The minimum absolute atomic E-state index is 0.201. The van der Waals surface area contributed by atoms with Crippen LogP contribution in [0.4, 0.5) is 0 Å². The van der Waals surface area contributed by atoms with Crippen LogP contribution < -0.4 is 0 Å². The Kier molecular flexibility index (Phi) is 8.27. The van der Waals surface area contributed by atoms with E-state index in [9.17, 15) is 0 Å². The summed E-state index contributed by atoms with van der Waals surface area (Å²) in [5.74, 6) is 0.741. The largest absolute Gasteiger partial charge is 0.377 e. The molecule has 2 rings (SSSR count). The molecule has 0 radical (unpaired) electrons. The van der Waals surface area contributed by atoms with Crippen molar-refractivity contribution in [1.82, 2.24) is 9.80 Å². The zero-order valence-electron chi connectivity index (χ0n) is 15.5. The molecule has 0 aliphatic carbocycles. The van der Waals surface area contributed by atoms with Gasteiger partial charge in [0.15, 0.2) is 0 Å². The van der Waals surface area contributed by atoms with Gasteiger partial charge in [-0.05, 0) is 59.7 Å². The monoisotopic (exact) mass is 328 g/mol. The van der Waals surface area contributed by atoms with Crippen LogP contribution in [0, 0.1) is 5.92 Å². The van der Waals surface area contributed by atoms with Gasteiger partial charge in [0, 0.05) is 26.2 Å². The van der Waals surface area contributed by atoms with Gasteiger partial charge in [-0.25, -0.2) is 0 Å². The number of hydrogen-bond donors (Lipinski definition) is 0. The maximum atomic E-state index is 6.12. The van der Waals surface area contributed by atoms with E-state index in [0.29, 0.717) is 12.7 Å². The smallest absolute Gasteiger partial charge is 0.0935 e. The Morgan fingerprint density at radius 3 is 2.48 bits per heavy atom. The predicted molar refractivity (Wildman–Crippen MR) is 92.9 cm³/mol. The zero-order valence-corrected chi connectivity index (χ0v) is 15.5. The topological polar surface area (TPSA) is 34.2 Å².